The molecule has 1 amide bonds. The number of ether oxygens (including phenoxy) is 2. The first-order chi connectivity index (χ1) is 18.0. The van der Waals surface area contributed by atoms with Gasteiger partial charge in [0.05, 0.1) is 18.2 Å². The van der Waals surface area contributed by atoms with Crippen molar-refractivity contribution < 1.29 is 24.2 Å². The number of benzene rings is 2. The van der Waals surface area contributed by atoms with E-state index in [-0.39, 0.29) is 24.0 Å². The fourth-order valence-corrected chi connectivity index (χ4v) is 4.91. The molecule has 1 aromatic heterocycles. The van der Waals surface area contributed by atoms with E-state index < -0.39 is 17.7 Å². The number of rotatable bonds is 8. The van der Waals surface area contributed by atoms with E-state index in [9.17, 15) is 14.7 Å². The number of nitrogens with zero attached hydrogens (tertiary/aromatic N) is 2. The average molecular weight is 499 g/mol. The number of carbonyl (C=O) groups is 2. The molecule has 2 aliphatic rings. The first kappa shape index (κ1) is 24.6. The minimum atomic E-state index is -0.772. The Morgan fingerprint density at radius 1 is 1.14 bits per heavy atom. The van der Waals surface area contributed by atoms with E-state index in [0.717, 1.165) is 29.7 Å². The van der Waals surface area contributed by atoms with Gasteiger partial charge in [0.2, 0.25) is 0 Å². The van der Waals surface area contributed by atoms with Gasteiger partial charge in [-0.05, 0) is 72.5 Å². The standard InChI is InChI=1S/C30H30N2O5/c1-3-4-14-36-24-7-5-6-21(17-24)27-26(28(33)22-8-9-25-23(16-22)15-19(2)37-25)29(34)30(35)32(27)18-20-10-12-31-13-11-20/h5-13,16-17,19,27,33H,3-4,14-15,18H2,1-2H3/b28-26+/t19-,27+/m0/s1. The lowest BCUT2D eigenvalue weighted by atomic mass is 9.94. The molecule has 2 aromatic carbocycles. The second-order valence-corrected chi connectivity index (χ2v) is 9.51. The number of likely N-dealkylation sites (tertiary alicyclic amines) is 1. The number of hydrogen-bond acceptors (Lipinski definition) is 6. The SMILES string of the molecule is CCCCOc1cccc([C@@H]2/C(=C(\O)c3ccc4c(c3)C[C@H](C)O4)C(=O)C(=O)N2Cc2ccncc2)c1. The zero-order valence-corrected chi connectivity index (χ0v) is 21.0. The lowest BCUT2D eigenvalue weighted by Crippen LogP contribution is -2.29. The molecule has 0 unspecified atom stereocenters. The summed E-state index contributed by atoms with van der Waals surface area (Å²) in [6.45, 7) is 4.86. The van der Waals surface area contributed by atoms with E-state index in [2.05, 4.69) is 11.9 Å². The van der Waals surface area contributed by atoms with Crippen LogP contribution >= 0.6 is 0 Å². The molecule has 7 nitrogen and oxygen atoms in total. The molecule has 37 heavy (non-hydrogen) atoms. The molecule has 5 rings (SSSR count). The molecule has 3 aromatic rings. The molecule has 2 aliphatic heterocycles. The van der Waals surface area contributed by atoms with Crippen molar-refractivity contribution in [3.63, 3.8) is 0 Å². The zero-order valence-electron chi connectivity index (χ0n) is 21.0. The molecule has 1 saturated heterocycles. The minimum Gasteiger partial charge on any atom is -0.507 e. The number of amides is 1. The minimum absolute atomic E-state index is 0.0498. The summed E-state index contributed by atoms with van der Waals surface area (Å²) >= 11 is 0. The third kappa shape index (κ3) is 4.94. The van der Waals surface area contributed by atoms with Crippen molar-refractivity contribution in [2.45, 2.75) is 51.8 Å². The maximum absolute atomic E-state index is 13.4. The van der Waals surface area contributed by atoms with Crippen LogP contribution in [0.25, 0.3) is 5.76 Å². The summed E-state index contributed by atoms with van der Waals surface area (Å²) in [5.41, 5.74) is 3.05. The fraction of sp³-hybridized carbons (Fsp3) is 0.300. The lowest BCUT2D eigenvalue weighted by molar-refractivity contribution is -0.140. The van der Waals surface area contributed by atoms with Crippen molar-refractivity contribution in [1.82, 2.24) is 9.88 Å². The Morgan fingerprint density at radius 3 is 2.73 bits per heavy atom. The molecule has 0 radical (unpaired) electrons. The zero-order chi connectivity index (χ0) is 25.9. The first-order valence-electron chi connectivity index (χ1n) is 12.7. The van der Waals surface area contributed by atoms with Gasteiger partial charge in [0.1, 0.15) is 23.4 Å². The molecule has 0 aliphatic carbocycles. The van der Waals surface area contributed by atoms with Crippen molar-refractivity contribution in [1.29, 1.82) is 0 Å². The van der Waals surface area contributed by atoms with Crippen LogP contribution in [-0.2, 0) is 22.6 Å². The van der Waals surface area contributed by atoms with E-state index in [1.165, 1.54) is 4.90 Å². The topological polar surface area (TPSA) is 89.0 Å². The molecule has 1 fully saturated rings. The summed E-state index contributed by atoms with van der Waals surface area (Å²) in [5, 5.41) is 11.5. The second kappa shape index (κ2) is 10.5. The molecule has 1 N–H and O–H groups in total. The van der Waals surface area contributed by atoms with Gasteiger partial charge in [0.25, 0.3) is 11.7 Å². The van der Waals surface area contributed by atoms with Gasteiger partial charge in [-0.2, -0.15) is 0 Å². The van der Waals surface area contributed by atoms with Crippen molar-refractivity contribution in [3.05, 3.63) is 94.8 Å². The van der Waals surface area contributed by atoms with E-state index in [1.807, 2.05) is 49.4 Å². The number of aromatic nitrogens is 1. The largest absolute Gasteiger partial charge is 0.507 e. The van der Waals surface area contributed by atoms with Crippen LogP contribution in [0.4, 0.5) is 0 Å². The smallest absolute Gasteiger partial charge is 0.295 e. The molecule has 7 heteroatoms. The average Bonchev–Trinajstić information content (AvgIpc) is 3.40. The monoisotopic (exact) mass is 498 g/mol. The van der Waals surface area contributed by atoms with Crippen LogP contribution in [-0.4, -0.2) is 39.4 Å². The van der Waals surface area contributed by atoms with Gasteiger partial charge in [-0.25, -0.2) is 0 Å². The third-order valence-corrected chi connectivity index (χ3v) is 6.75. The Balaban J connectivity index is 1.59. The summed E-state index contributed by atoms with van der Waals surface area (Å²) in [4.78, 5) is 32.3. The number of Topliss-reactive ketones (excluding diaryl/α,β-unsaturated/α-hetero) is 1. The normalized spacial score (nSPS) is 20.1. The van der Waals surface area contributed by atoms with Crippen LogP contribution < -0.4 is 9.47 Å². The summed E-state index contributed by atoms with van der Waals surface area (Å²) in [6.07, 6.45) is 6.00. The van der Waals surface area contributed by atoms with Gasteiger partial charge in [0, 0.05) is 30.9 Å². The van der Waals surface area contributed by atoms with Crippen LogP contribution in [0.3, 0.4) is 0 Å². The number of ketones is 1. The van der Waals surface area contributed by atoms with Gasteiger partial charge >= 0.3 is 0 Å². The highest BCUT2D eigenvalue weighted by molar-refractivity contribution is 6.46. The molecular weight excluding hydrogens is 468 g/mol. The number of pyridine rings is 1. The van der Waals surface area contributed by atoms with Gasteiger partial charge in [-0.3, -0.25) is 14.6 Å². The number of fused-ring (bicyclic) bond motifs is 1. The predicted molar refractivity (Wildman–Crippen MR) is 139 cm³/mol. The summed E-state index contributed by atoms with van der Waals surface area (Å²) in [6, 6.07) is 15.6. The van der Waals surface area contributed by atoms with Crippen molar-refractivity contribution in [2.75, 3.05) is 6.61 Å². The van der Waals surface area contributed by atoms with Crippen LogP contribution in [0.5, 0.6) is 11.5 Å². The maximum atomic E-state index is 13.4. The molecule has 2 atom stereocenters. The lowest BCUT2D eigenvalue weighted by Gasteiger charge is -2.26. The predicted octanol–water partition coefficient (Wildman–Crippen LogP) is 5.21. The van der Waals surface area contributed by atoms with Crippen molar-refractivity contribution in [2.24, 2.45) is 0 Å². The number of unbranched alkanes of at least 4 members (excludes halogenated alkanes) is 1. The molecule has 0 spiro atoms. The van der Waals surface area contributed by atoms with Gasteiger partial charge in [-0.15, -0.1) is 0 Å². The quantitative estimate of drug-likeness (QED) is 0.199. The number of aliphatic hydroxyl groups excluding tert-OH is 1. The highest BCUT2D eigenvalue weighted by Gasteiger charge is 2.46. The van der Waals surface area contributed by atoms with Crippen molar-refractivity contribution in [3.8, 4) is 11.5 Å². The summed E-state index contributed by atoms with van der Waals surface area (Å²) in [5.74, 6) is -0.127. The molecule has 3 heterocycles. The van der Waals surface area contributed by atoms with Gasteiger partial charge in [-0.1, -0.05) is 25.5 Å². The summed E-state index contributed by atoms with van der Waals surface area (Å²) in [7, 11) is 0. The molecule has 0 saturated carbocycles. The van der Waals surface area contributed by atoms with Crippen LogP contribution in [0.15, 0.2) is 72.6 Å². The van der Waals surface area contributed by atoms with Gasteiger partial charge in [0.15, 0.2) is 0 Å². The van der Waals surface area contributed by atoms with Gasteiger partial charge < -0.3 is 19.5 Å². The Hall–Kier alpha value is -4.13. The first-order valence-corrected chi connectivity index (χ1v) is 12.7. The van der Waals surface area contributed by atoms with Crippen LogP contribution in [0, 0.1) is 0 Å². The maximum Gasteiger partial charge on any atom is 0.295 e. The van der Waals surface area contributed by atoms with Crippen molar-refractivity contribution >= 4 is 17.4 Å². The third-order valence-electron chi connectivity index (χ3n) is 6.75. The summed E-state index contributed by atoms with van der Waals surface area (Å²) < 4.78 is 11.7. The molecule has 0 bridgehead atoms. The Morgan fingerprint density at radius 2 is 1.95 bits per heavy atom. The molecule has 190 valence electrons. The Labute approximate surface area is 216 Å². The van der Waals surface area contributed by atoms with E-state index in [4.69, 9.17) is 9.47 Å². The Kier molecular flexibility index (Phi) is 6.95. The second-order valence-electron chi connectivity index (χ2n) is 9.51. The highest BCUT2D eigenvalue weighted by atomic mass is 16.5. The Bertz CT molecular complexity index is 1350. The van der Waals surface area contributed by atoms with E-state index in [1.54, 1.807) is 24.5 Å². The molecular formula is C30H30N2O5. The fourth-order valence-electron chi connectivity index (χ4n) is 4.91. The van der Waals surface area contributed by atoms with Crippen LogP contribution in [0.2, 0.25) is 0 Å². The number of aliphatic hydroxyl groups is 1. The highest BCUT2D eigenvalue weighted by Crippen LogP contribution is 2.42. The van der Waals surface area contributed by atoms with E-state index >= 15 is 0 Å². The van der Waals surface area contributed by atoms with E-state index in [0.29, 0.717) is 29.9 Å². The van der Waals surface area contributed by atoms with Crippen LogP contribution in [0.1, 0.15) is 55.0 Å². The number of carbonyl (C=O) groups excluding carboxylic acids is 2. The number of hydrogen-bond donors (Lipinski definition) is 1.